The molecule has 0 atom stereocenters. The second-order valence-electron chi connectivity index (χ2n) is 6.04. The van der Waals surface area contributed by atoms with E-state index in [1.165, 1.54) is 19.3 Å². The van der Waals surface area contributed by atoms with Gasteiger partial charge < -0.3 is 5.32 Å². The molecule has 96 valence electrons. The van der Waals surface area contributed by atoms with E-state index in [1.807, 2.05) is 0 Å². The Morgan fingerprint density at radius 1 is 1.35 bits per heavy atom. The third-order valence-corrected chi connectivity index (χ3v) is 3.70. The summed E-state index contributed by atoms with van der Waals surface area (Å²) in [5, 5.41) is 15.6. The minimum Gasteiger partial charge on any atom is -0.305 e. The molecule has 0 amide bonds. The molecule has 1 heterocycles. The highest BCUT2D eigenvalue weighted by Crippen LogP contribution is 2.41. The molecule has 1 fully saturated rings. The summed E-state index contributed by atoms with van der Waals surface area (Å²) in [6, 6.07) is 0. The van der Waals surface area contributed by atoms with Gasteiger partial charge >= 0.3 is 0 Å². The molecule has 0 saturated heterocycles. The number of nitrogens with zero attached hydrogens (tertiary/aromatic N) is 4. The first-order valence-electron chi connectivity index (χ1n) is 6.50. The lowest BCUT2D eigenvalue weighted by Gasteiger charge is -2.41. The summed E-state index contributed by atoms with van der Waals surface area (Å²) < 4.78 is 2.05. The van der Waals surface area contributed by atoms with Crippen molar-refractivity contribution in [3.05, 3.63) is 5.82 Å². The van der Waals surface area contributed by atoms with Gasteiger partial charge in [-0.15, -0.1) is 5.10 Å². The van der Waals surface area contributed by atoms with E-state index in [9.17, 15) is 0 Å². The second-order valence-corrected chi connectivity index (χ2v) is 6.04. The van der Waals surface area contributed by atoms with Crippen molar-refractivity contribution in [3.63, 3.8) is 0 Å². The van der Waals surface area contributed by atoms with Gasteiger partial charge in [0.15, 0.2) is 5.82 Å². The lowest BCUT2D eigenvalue weighted by molar-refractivity contribution is 0.110. The van der Waals surface area contributed by atoms with Crippen molar-refractivity contribution in [2.45, 2.75) is 71.0 Å². The standard InChI is InChI=1S/C12H23N5/c1-5-12(7-6-8-12)17-10(14-15-16-17)9-13-11(2,3)4/h13H,5-9H2,1-4H3. The van der Waals surface area contributed by atoms with Gasteiger partial charge in [0.1, 0.15) is 0 Å². The summed E-state index contributed by atoms with van der Waals surface area (Å²) in [5.74, 6) is 0.960. The van der Waals surface area contributed by atoms with Crippen molar-refractivity contribution in [1.82, 2.24) is 25.5 Å². The number of aromatic nitrogens is 4. The number of hydrogen-bond acceptors (Lipinski definition) is 4. The highest BCUT2D eigenvalue weighted by Gasteiger charge is 2.39. The molecule has 1 aromatic rings. The number of hydrogen-bond donors (Lipinski definition) is 1. The van der Waals surface area contributed by atoms with E-state index < -0.39 is 0 Å². The summed E-state index contributed by atoms with van der Waals surface area (Å²) in [6.45, 7) is 9.42. The summed E-state index contributed by atoms with van der Waals surface area (Å²) in [7, 11) is 0. The van der Waals surface area contributed by atoms with Crippen molar-refractivity contribution in [2.75, 3.05) is 0 Å². The highest BCUT2D eigenvalue weighted by atomic mass is 15.6. The zero-order valence-electron chi connectivity index (χ0n) is 11.3. The predicted octanol–water partition coefficient (Wildman–Crippen LogP) is 1.85. The average Bonchev–Trinajstić information content (AvgIpc) is 2.62. The van der Waals surface area contributed by atoms with E-state index in [0.717, 1.165) is 18.8 Å². The molecule has 0 radical (unpaired) electrons. The van der Waals surface area contributed by atoms with Crippen LogP contribution in [0.2, 0.25) is 0 Å². The van der Waals surface area contributed by atoms with E-state index in [0.29, 0.717) is 0 Å². The van der Waals surface area contributed by atoms with E-state index in [-0.39, 0.29) is 11.1 Å². The molecule has 1 aromatic heterocycles. The van der Waals surface area contributed by atoms with Gasteiger partial charge in [-0.3, -0.25) is 0 Å². The lowest BCUT2D eigenvalue weighted by Crippen LogP contribution is -2.43. The van der Waals surface area contributed by atoms with Crippen LogP contribution in [0, 0.1) is 0 Å². The Morgan fingerprint density at radius 2 is 2.06 bits per heavy atom. The van der Waals surface area contributed by atoms with Gasteiger partial charge in [0.25, 0.3) is 0 Å². The van der Waals surface area contributed by atoms with Crippen LogP contribution in [0.25, 0.3) is 0 Å². The smallest absolute Gasteiger partial charge is 0.165 e. The van der Waals surface area contributed by atoms with Gasteiger partial charge in [0.05, 0.1) is 12.1 Å². The summed E-state index contributed by atoms with van der Waals surface area (Å²) in [6.07, 6.45) is 4.81. The van der Waals surface area contributed by atoms with Crippen LogP contribution >= 0.6 is 0 Å². The highest BCUT2D eigenvalue weighted by molar-refractivity contribution is 4.97. The Kier molecular flexibility index (Phi) is 3.21. The average molecular weight is 237 g/mol. The SMILES string of the molecule is CCC1(n2nnnc2CNC(C)(C)C)CCC1. The minimum absolute atomic E-state index is 0.0930. The molecule has 1 aliphatic rings. The first-order valence-corrected chi connectivity index (χ1v) is 6.50. The van der Waals surface area contributed by atoms with Crippen molar-refractivity contribution in [3.8, 4) is 0 Å². The molecule has 0 spiro atoms. The zero-order valence-corrected chi connectivity index (χ0v) is 11.3. The molecule has 1 aliphatic carbocycles. The molecule has 0 aromatic carbocycles. The Morgan fingerprint density at radius 3 is 2.53 bits per heavy atom. The van der Waals surface area contributed by atoms with Gasteiger partial charge in [0.2, 0.25) is 0 Å². The van der Waals surface area contributed by atoms with Crippen LogP contribution in [0.1, 0.15) is 59.2 Å². The summed E-state index contributed by atoms with van der Waals surface area (Å²) in [5.41, 5.74) is 0.286. The van der Waals surface area contributed by atoms with E-state index in [1.54, 1.807) is 0 Å². The predicted molar refractivity (Wildman–Crippen MR) is 66.5 cm³/mol. The molecule has 17 heavy (non-hydrogen) atoms. The van der Waals surface area contributed by atoms with Gasteiger partial charge in [0, 0.05) is 5.54 Å². The number of nitrogens with one attached hydrogen (secondary N) is 1. The van der Waals surface area contributed by atoms with Crippen molar-refractivity contribution in [2.24, 2.45) is 0 Å². The number of rotatable bonds is 4. The third-order valence-electron chi connectivity index (χ3n) is 3.70. The van der Waals surface area contributed by atoms with Crippen molar-refractivity contribution >= 4 is 0 Å². The molecule has 0 unspecified atom stereocenters. The van der Waals surface area contributed by atoms with Crippen molar-refractivity contribution in [1.29, 1.82) is 0 Å². The van der Waals surface area contributed by atoms with Crippen molar-refractivity contribution < 1.29 is 0 Å². The first kappa shape index (κ1) is 12.5. The quantitative estimate of drug-likeness (QED) is 0.868. The van der Waals surface area contributed by atoms with Gasteiger partial charge in [-0.05, 0) is 56.9 Å². The minimum atomic E-state index is 0.0930. The third kappa shape index (κ3) is 2.49. The maximum atomic E-state index is 4.20. The molecule has 5 heteroatoms. The van der Waals surface area contributed by atoms with Gasteiger partial charge in [-0.25, -0.2) is 4.68 Å². The largest absolute Gasteiger partial charge is 0.305 e. The molecule has 5 nitrogen and oxygen atoms in total. The maximum Gasteiger partial charge on any atom is 0.165 e. The molecule has 2 rings (SSSR count). The lowest BCUT2D eigenvalue weighted by atomic mass is 9.75. The topological polar surface area (TPSA) is 55.6 Å². The van der Waals surface area contributed by atoms with Crippen LogP contribution in [0.3, 0.4) is 0 Å². The second kappa shape index (κ2) is 4.37. The normalized spacial score (nSPS) is 19.1. The Balaban J connectivity index is 2.12. The Hall–Kier alpha value is -0.970. The summed E-state index contributed by atoms with van der Waals surface area (Å²) in [4.78, 5) is 0. The molecule has 1 N–H and O–H groups in total. The molecule has 1 saturated carbocycles. The number of tetrazole rings is 1. The molecule has 0 aliphatic heterocycles. The Bertz CT molecular complexity index is 367. The zero-order chi connectivity index (χ0) is 12.5. The van der Waals surface area contributed by atoms with Crippen LogP contribution in [-0.2, 0) is 12.1 Å². The fraction of sp³-hybridized carbons (Fsp3) is 0.917. The monoisotopic (exact) mass is 237 g/mol. The van der Waals surface area contributed by atoms with Gasteiger partial charge in [-0.1, -0.05) is 6.92 Å². The maximum absolute atomic E-state index is 4.20. The molecular formula is C12H23N5. The van der Waals surface area contributed by atoms with E-state index in [4.69, 9.17) is 0 Å². The van der Waals surface area contributed by atoms with E-state index >= 15 is 0 Å². The fourth-order valence-electron chi connectivity index (χ4n) is 2.33. The molecular weight excluding hydrogens is 214 g/mol. The Labute approximate surface area is 103 Å². The summed E-state index contributed by atoms with van der Waals surface area (Å²) >= 11 is 0. The fourth-order valence-corrected chi connectivity index (χ4v) is 2.33. The van der Waals surface area contributed by atoms with Gasteiger partial charge in [-0.2, -0.15) is 0 Å². The van der Waals surface area contributed by atoms with Crippen LogP contribution in [0.15, 0.2) is 0 Å². The van der Waals surface area contributed by atoms with E-state index in [2.05, 4.69) is 53.2 Å². The van der Waals surface area contributed by atoms with Crippen LogP contribution in [0.4, 0.5) is 0 Å². The van der Waals surface area contributed by atoms with Crippen LogP contribution in [0.5, 0.6) is 0 Å². The van der Waals surface area contributed by atoms with Crippen LogP contribution < -0.4 is 5.32 Å². The molecule has 0 bridgehead atoms. The first-order chi connectivity index (χ1) is 7.97. The van der Waals surface area contributed by atoms with Crippen LogP contribution in [-0.4, -0.2) is 25.7 Å².